The fourth-order valence-electron chi connectivity index (χ4n) is 1.56. The van der Waals surface area contributed by atoms with Crippen molar-refractivity contribution in [1.82, 2.24) is 14.5 Å². The first-order chi connectivity index (χ1) is 8.27. The zero-order chi connectivity index (χ0) is 12.3. The second-order valence-electron chi connectivity index (χ2n) is 3.41. The molecule has 2 aromatic heterocycles. The van der Waals surface area contributed by atoms with Gasteiger partial charge in [-0.25, -0.2) is 0 Å². The zero-order valence-corrected chi connectivity index (χ0v) is 11.3. The SMILES string of the molecule is CCN(CC)C(=O)c1snnc1-c1cccs1. The fraction of sp³-hybridized carbons (Fsp3) is 0.364. The Balaban J connectivity index is 2.34. The lowest BCUT2D eigenvalue weighted by Gasteiger charge is -2.17. The van der Waals surface area contributed by atoms with Crippen LogP contribution in [0.4, 0.5) is 0 Å². The van der Waals surface area contributed by atoms with Gasteiger partial charge in [0, 0.05) is 13.1 Å². The quantitative estimate of drug-likeness (QED) is 0.855. The number of hydrogen-bond donors (Lipinski definition) is 0. The van der Waals surface area contributed by atoms with E-state index in [-0.39, 0.29) is 5.91 Å². The molecule has 2 rings (SSSR count). The Hall–Kier alpha value is -1.27. The van der Waals surface area contributed by atoms with E-state index in [0.29, 0.717) is 23.7 Å². The highest BCUT2D eigenvalue weighted by atomic mass is 32.1. The lowest BCUT2D eigenvalue weighted by molar-refractivity contribution is 0.0778. The molecule has 0 saturated carbocycles. The average molecular weight is 267 g/mol. The minimum atomic E-state index is 0.0217. The summed E-state index contributed by atoms with van der Waals surface area (Å²) in [5.41, 5.74) is 0.710. The maximum Gasteiger partial charge on any atom is 0.267 e. The maximum absolute atomic E-state index is 12.2. The van der Waals surface area contributed by atoms with Crippen LogP contribution in [-0.2, 0) is 0 Å². The lowest BCUT2D eigenvalue weighted by atomic mass is 10.3. The van der Waals surface area contributed by atoms with Crippen LogP contribution in [0.1, 0.15) is 23.5 Å². The summed E-state index contributed by atoms with van der Waals surface area (Å²) in [4.78, 5) is 15.7. The van der Waals surface area contributed by atoms with Crippen LogP contribution in [0, 0.1) is 0 Å². The van der Waals surface area contributed by atoms with Gasteiger partial charge >= 0.3 is 0 Å². The van der Waals surface area contributed by atoms with Gasteiger partial charge in [0.05, 0.1) is 4.88 Å². The molecule has 0 fully saturated rings. The summed E-state index contributed by atoms with van der Waals surface area (Å²) in [6, 6.07) is 3.91. The van der Waals surface area contributed by atoms with Crippen LogP contribution in [0.25, 0.3) is 10.6 Å². The van der Waals surface area contributed by atoms with Gasteiger partial charge in [-0.3, -0.25) is 4.79 Å². The normalized spacial score (nSPS) is 10.5. The Morgan fingerprint density at radius 3 is 2.76 bits per heavy atom. The molecule has 0 aliphatic carbocycles. The fourth-order valence-corrected chi connectivity index (χ4v) is 2.99. The molecule has 0 unspecified atom stereocenters. The van der Waals surface area contributed by atoms with E-state index >= 15 is 0 Å². The van der Waals surface area contributed by atoms with E-state index < -0.39 is 0 Å². The summed E-state index contributed by atoms with van der Waals surface area (Å²) < 4.78 is 3.90. The molecule has 0 aliphatic rings. The van der Waals surface area contributed by atoms with Crippen molar-refractivity contribution >= 4 is 28.8 Å². The van der Waals surface area contributed by atoms with Crippen molar-refractivity contribution in [1.29, 1.82) is 0 Å². The molecule has 6 heteroatoms. The van der Waals surface area contributed by atoms with E-state index in [0.717, 1.165) is 4.88 Å². The minimum Gasteiger partial charge on any atom is -0.338 e. The topological polar surface area (TPSA) is 46.1 Å². The molecule has 90 valence electrons. The van der Waals surface area contributed by atoms with Gasteiger partial charge in [-0.2, -0.15) is 0 Å². The Kier molecular flexibility index (Phi) is 3.86. The van der Waals surface area contributed by atoms with Gasteiger partial charge < -0.3 is 4.90 Å². The summed E-state index contributed by atoms with van der Waals surface area (Å²) >= 11 is 2.74. The summed E-state index contributed by atoms with van der Waals surface area (Å²) in [6.07, 6.45) is 0. The van der Waals surface area contributed by atoms with Crippen LogP contribution in [0.15, 0.2) is 17.5 Å². The second kappa shape index (κ2) is 5.37. The molecule has 2 heterocycles. The Bertz CT molecular complexity index is 489. The van der Waals surface area contributed by atoms with Crippen molar-refractivity contribution in [2.45, 2.75) is 13.8 Å². The van der Waals surface area contributed by atoms with Gasteiger partial charge in [-0.15, -0.1) is 16.4 Å². The smallest absolute Gasteiger partial charge is 0.267 e. The number of hydrogen-bond acceptors (Lipinski definition) is 5. The molecule has 4 nitrogen and oxygen atoms in total. The van der Waals surface area contributed by atoms with Crippen molar-refractivity contribution in [2.24, 2.45) is 0 Å². The highest BCUT2D eigenvalue weighted by Gasteiger charge is 2.21. The third-order valence-corrected chi connectivity index (χ3v) is 4.08. The third kappa shape index (κ3) is 2.37. The number of nitrogens with zero attached hydrogens (tertiary/aromatic N) is 3. The Labute approximate surface area is 108 Å². The van der Waals surface area contributed by atoms with Gasteiger partial charge in [0.2, 0.25) is 0 Å². The van der Waals surface area contributed by atoms with Crippen LogP contribution >= 0.6 is 22.9 Å². The number of amides is 1. The number of carbonyl (C=O) groups is 1. The van der Waals surface area contributed by atoms with Crippen molar-refractivity contribution in [3.05, 3.63) is 22.4 Å². The molecule has 0 radical (unpaired) electrons. The molecule has 2 aromatic rings. The maximum atomic E-state index is 12.2. The molecule has 0 spiro atoms. The largest absolute Gasteiger partial charge is 0.338 e. The zero-order valence-electron chi connectivity index (χ0n) is 9.71. The summed E-state index contributed by atoms with van der Waals surface area (Å²) in [5, 5.41) is 6.03. The highest BCUT2D eigenvalue weighted by Crippen LogP contribution is 2.28. The van der Waals surface area contributed by atoms with Crippen LogP contribution in [0.5, 0.6) is 0 Å². The van der Waals surface area contributed by atoms with E-state index in [4.69, 9.17) is 0 Å². The highest BCUT2D eigenvalue weighted by molar-refractivity contribution is 7.14. The van der Waals surface area contributed by atoms with Crippen LogP contribution in [-0.4, -0.2) is 33.5 Å². The molecule has 0 bridgehead atoms. The summed E-state index contributed by atoms with van der Waals surface area (Å²) in [7, 11) is 0. The van der Waals surface area contributed by atoms with Gasteiger partial charge in [0.15, 0.2) is 0 Å². The first kappa shape index (κ1) is 12.2. The van der Waals surface area contributed by atoms with Crippen LogP contribution < -0.4 is 0 Å². The predicted molar refractivity (Wildman–Crippen MR) is 70.5 cm³/mol. The Morgan fingerprint density at radius 2 is 2.18 bits per heavy atom. The van der Waals surface area contributed by atoms with E-state index in [1.807, 2.05) is 31.4 Å². The van der Waals surface area contributed by atoms with E-state index in [2.05, 4.69) is 9.59 Å². The van der Waals surface area contributed by atoms with E-state index in [1.54, 1.807) is 16.2 Å². The van der Waals surface area contributed by atoms with Crippen molar-refractivity contribution in [3.8, 4) is 10.6 Å². The third-order valence-electron chi connectivity index (χ3n) is 2.49. The number of aromatic nitrogens is 2. The lowest BCUT2D eigenvalue weighted by Crippen LogP contribution is -2.30. The van der Waals surface area contributed by atoms with Gasteiger partial charge in [0.25, 0.3) is 5.91 Å². The molecule has 0 N–H and O–H groups in total. The van der Waals surface area contributed by atoms with Crippen LogP contribution in [0.3, 0.4) is 0 Å². The van der Waals surface area contributed by atoms with Crippen molar-refractivity contribution in [3.63, 3.8) is 0 Å². The van der Waals surface area contributed by atoms with Gasteiger partial charge in [-0.1, -0.05) is 10.6 Å². The molecule has 0 atom stereocenters. The predicted octanol–water partition coefficient (Wildman–Crippen LogP) is 2.75. The molecule has 0 aliphatic heterocycles. The monoisotopic (exact) mass is 267 g/mol. The molecule has 17 heavy (non-hydrogen) atoms. The standard InChI is InChI=1S/C11H13N3OS2/c1-3-14(4-2)11(15)10-9(12-13-17-10)8-6-5-7-16-8/h5-7H,3-4H2,1-2H3. The number of thiophene rings is 1. The summed E-state index contributed by atoms with van der Waals surface area (Å²) in [5.74, 6) is 0.0217. The molecule has 0 saturated heterocycles. The first-order valence-corrected chi connectivity index (χ1v) is 7.08. The van der Waals surface area contributed by atoms with Crippen LogP contribution in [0.2, 0.25) is 0 Å². The van der Waals surface area contributed by atoms with E-state index in [1.165, 1.54) is 11.5 Å². The first-order valence-electron chi connectivity index (χ1n) is 5.43. The van der Waals surface area contributed by atoms with Crippen molar-refractivity contribution < 1.29 is 4.79 Å². The Morgan fingerprint density at radius 1 is 1.41 bits per heavy atom. The number of rotatable bonds is 4. The molecule has 0 aromatic carbocycles. The van der Waals surface area contributed by atoms with Gasteiger partial charge in [0.1, 0.15) is 10.6 Å². The van der Waals surface area contributed by atoms with Gasteiger partial charge in [-0.05, 0) is 36.8 Å². The molecular formula is C11H13N3OS2. The summed E-state index contributed by atoms with van der Waals surface area (Å²) in [6.45, 7) is 5.36. The van der Waals surface area contributed by atoms with Crippen molar-refractivity contribution in [2.75, 3.05) is 13.1 Å². The minimum absolute atomic E-state index is 0.0217. The molecule has 1 amide bonds. The second-order valence-corrected chi connectivity index (χ2v) is 5.11. The number of carbonyl (C=O) groups excluding carboxylic acids is 1. The average Bonchev–Trinajstić information content (AvgIpc) is 3.01. The van der Waals surface area contributed by atoms with E-state index in [9.17, 15) is 4.79 Å². The molecular weight excluding hydrogens is 254 g/mol.